The van der Waals surface area contributed by atoms with Crippen LogP contribution in [-0.4, -0.2) is 32.0 Å². The minimum Gasteiger partial charge on any atom is -0.493 e. The largest absolute Gasteiger partial charge is 0.493 e. The highest BCUT2D eigenvalue weighted by Crippen LogP contribution is 2.29. The molecule has 0 atom stereocenters. The molecule has 17 heavy (non-hydrogen) atoms. The molecule has 7 nitrogen and oxygen atoms in total. The Hall–Kier alpha value is -2.31. The smallest absolute Gasteiger partial charge is 0.254 e. The third-order valence-corrected chi connectivity index (χ3v) is 2.33. The monoisotopic (exact) mass is 236 g/mol. The summed E-state index contributed by atoms with van der Waals surface area (Å²) in [5, 5.41) is 13.5. The van der Waals surface area contributed by atoms with Crippen molar-refractivity contribution in [2.75, 3.05) is 7.11 Å². The van der Waals surface area contributed by atoms with E-state index in [9.17, 15) is 9.90 Å². The van der Waals surface area contributed by atoms with E-state index < -0.39 is 5.56 Å². The van der Waals surface area contributed by atoms with Crippen LogP contribution in [0.15, 0.2) is 10.9 Å². The summed E-state index contributed by atoms with van der Waals surface area (Å²) in [6, 6.07) is 1.00. The number of H-pyrrole nitrogens is 1. The molecule has 0 aliphatic carbocycles. The van der Waals surface area contributed by atoms with Crippen LogP contribution >= 0.6 is 0 Å². The van der Waals surface area contributed by atoms with Gasteiger partial charge in [-0.25, -0.2) is 4.68 Å². The van der Waals surface area contributed by atoms with E-state index in [1.54, 1.807) is 14.0 Å². The van der Waals surface area contributed by atoms with Crippen LogP contribution in [0.2, 0.25) is 0 Å². The Morgan fingerprint density at radius 3 is 2.82 bits per heavy atom. The van der Waals surface area contributed by atoms with E-state index in [1.165, 1.54) is 11.8 Å². The van der Waals surface area contributed by atoms with Crippen molar-refractivity contribution in [3.63, 3.8) is 0 Å². The average Bonchev–Trinajstić information content (AvgIpc) is 2.51. The highest BCUT2D eigenvalue weighted by atomic mass is 16.5. The van der Waals surface area contributed by atoms with Gasteiger partial charge in [0.25, 0.3) is 5.56 Å². The van der Waals surface area contributed by atoms with Gasteiger partial charge < -0.3 is 14.8 Å². The molecule has 0 radical (unpaired) electrons. The Morgan fingerprint density at radius 2 is 2.24 bits per heavy atom. The van der Waals surface area contributed by atoms with Crippen LogP contribution in [0.5, 0.6) is 11.8 Å². The quantitative estimate of drug-likeness (QED) is 0.776. The second kappa shape index (κ2) is 3.93. The first kappa shape index (κ1) is 11.2. The standard InChI is InChI=1S/C10H12N4O3/c1-5-8(10(17-3)14(2)13-5)9-11-6(15)4-7(16)12-9/h4H,1-3H3,(H2,11,12,15,16). The number of aromatic amines is 1. The molecule has 2 aromatic heterocycles. The molecule has 0 fully saturated rings. The first-order valence-corrected chi connectivity index (χ1v) is 4.91. The van der Waals surface area contributed by atoms with Crippen LogP contribution in [0.4, 0.5) is 0 Å². The summed E-state index contributed by atoms with van der Waals surface area (Å²) in [6.45, 7) is 1.77. The molecule has 0 unspecified atom stereocenters. The first-order chi connectivity index (χ1) is 8.02. The zero-order valence-electron chi connectivity index (χ0n) is 9.68. The van der Waals surface area contributed by atoms with E-state index >= 15 is 0 Å². The molecular weight excluding hydrogens is 224 g/mol. The van der Waals surface area contributed by atoms with E-state index in [2.05, 4.69) is 15.1 Å². The lowest BCUT2D eigenvalue weighted by atomic mass is 10.2. The molecule has 2 heterocycles. The van der Waals surface area contributed by atoms with E-state index in [1.807, 2.05) is 0 Å². The van der Waals surface area contributed by atoms with Gasteiger partial charge in [0.15, 0.2) is 5.82 Å². The molecule has 0 aliphatic rings. The number of aromatic hydroxyl groups is 1. The van der Waals surface area contributed by atoms with E-state index in [-0.39, 0.29) is 11.7 Å². The Labute approximate surface area is 96.7 Å². The van der Waals surface area contributed by atoms with Crippen molar-refractivity contribution < 1.29 is 9.84 Å². The Bertz CT molecular complexity index is 614. The molecule has 0 amide bonds. The first-order valence-electron chi connectivity index (χ1n) is 4.91. The van der Waals surface area contributed by atoms with Gasteiger partial charge in [-0.2, -0.15) is 10.1 Å². The third-order valence-electron chi connectivity index (χ3n) is 2.33. The number of aryl methyl sites for hydroxylation is 2. The van der Waals surface area contributed by atoms with Gasteiger partial charge in [-0.05, 0) is 6.92 Å². The lowest BCUT2D eigenvalue weighted by Crippen LogP contribution is -2.07. The van der Waals surface area contributed by atoms with Gasteiger partial charge in [-0.3, -0.25) is 4.79 Å². The second-order valence-electron chi connectivity index (χ2n) is 3.55. The van der Waals surface area contributed by atoms with Crippen LogP contribution in [0.3, 0.4) is 0 Å². The molecule has 2 rings (SSSR count). The number of ether oxygens (including phenoxy) is 1. The minimum absolute atomic E-state index is 0.234. The van der Waals surface area contributed by atoms with Gasteiger partial charge >= 0.3 is 0 Å². The summed E-state index contributed by atoms with van der Waals surface area (Å²) in [7, 11) is 3.22. The zero-order valence-corrected chi connectivity index (χ0v) is 9.68. The lowest BCUT2D eigenvalue weighted by molar-refractivity contribution is 0.374. The van der Waals surface area contributed by atoms with Crippen molar-refractivity contribution in [1.82, 2.24) is 19.7 Å². The molecule has 2 aromatic rings. The fourth-order valence-corrected chi connectivity index (χ4v) is 1.71. The van der Waals surface area contributed by atoms with Crippen molar-refractivity contribution in [2.45, 2.75) is 6.92 Å². The highest BCUT2D eigenvalue weighted by molar-refractivity contribution is 5.65. The predicted molar refractivity (Wildman–Crippen MR) is 60.0 cm³/mol. The Balaban J connectivity index is 2.71. The van der Waals surface area contributed by atoms with Gasteiger partial charge in [0.2, 0.25) is 11.8 Å². The average molecular weight is 236 g/mol. The summed E-state index contributed by atoms with van der Waals surface area (Å²) in [5.41, 5.74) is 0.777. The van der Waals surface area contributed by atoms with Crippen LogP contribution in [0.1, 0.15) is 5.69 Å². The van der Waals surface area contributed by atoms with Crippen molar-refractivity contribution in [3.8, 4) is 23.1 Å². The topological polar surface area (TPSA) is 93.0 Å². The molecular formula is C10H12N4O3. The maximum Gasteiger partial charge on any atom is 0.254 e. The van der Waals surface area contributed by atoms with Crippen molar-refractivity contribution in [3.05, 3.63) is 22.1 Å². The summed E-state index contributed by atoms with van der Waals surface area (Å²) in [4.78, 5) is 17.7. The van der Waals surface area contributed by atoms with E-state index in [0.717, 1.165) is 6.07 Å². The molecule has 0 bridgehead atoms. The summed E-state index contributed by atoms with van der Waals surface area (Å²) in [6.07, 6.45) is 0. The van der Waals surface area contributed by atoms with Gasteiger partial charge in [0.05, 0.1) is 18.9 Å². The fourth-order valence-electron chi connectivity index (χ4n) is 1.71. The molecule has 2 N–H and O–H groups in total. The van der Waals surface area contributed by atoms with Crippen LogP contribution in [0.25, 0.3) is 11.4 Å². The molecule has 0 saturated carbocycles. The number of methoxy groups -OCH3 is 1. The summed E-state index contributed by atoms with van der Waals surface area (Å²) >= 11 is 0. The molecule has 0 aliphatic heterocycles. The predicted octanol–water partition coefficient (Wildman–Crippen LogP) is 0.193. The van der Waals surface area contributed by atoms with Crippen molar-refractivity contribution in [2.24, 2.45) is 7.05 Å². The zero-order chi connectivity index (χ0) is 12.6. The second-order valence-corrected chi connectivity index (χ2v) is 3.55. The van der Waals surface area contributed by atoms with Gasteiger partial charge in [0.1, 0.15) is 5.56 Å². The SMILES string of the molecule is COc1c(-c2nc(O)cc(=O)[nH]2)c(C)nn1C. The van der Waals surface area contributed by atoms with Crippen molar-refractivity contribution in [1.29, 1.82) is 0 Å². The summed E-state index contributed by atoms with van der Waals surface area (Å²) < 4.78 is 6.72. The normalized spacial score (nSPS) is 10.5. The van der Waals surface area contributed by atoms with E-state index in [0.29, 0.717) is 17.1 Å². The highest BCUT2D eigenvalue weighted by Gasteiger charge is 2.18. The minimum atomic E-state index is -0.433. The molecule has 0 spiro atoms. The maximum absolute atomic E-state index is 11.3. The number of nitrogens with one attached hydrogen (secondary N) is 1. The van der Waals surface area contributed by atoms with Gasteiger partial charge in [-0.1, -0.05) is 0 Å². The van der Waals surface area contributed by atoms with Crippen LogP contribution in [-0.2, 0) is 7.05 Å². The molecule has 0 saturated heterocycles. The fraction of sp³-hybridized carbons (Fsp3) is 0.300. The number of aromatic nitrogens is 4. The molecule has 7 heteroatoms. The van der Waals surface area contributed by atoms with E-state index in [4.69, 9.17) is 4.74 Å². The third kappa shape index (κ3) is 1.86. The van der Waals surface area contributed by atoms with Gasteiger partial charge in [-0.15, -0.1) is 0 Å². The van der Waals surface area contributed by atoms with Gasteiger partial charge in [0, 0.05) is 7.05 Å². The summed E-state index contributed by atoms with van der Waals surface area (Å²) in [5.74, 6) is 0.364. The maximum atomic E-state index is 11.3. The Morgan fingerprint density at radius 1 is 1.53 bits per heavy atom. The lowest BCUT2D eigenvalue weighted by Gasteiger charge is -2.04. The van der Waals surface area contributed by atoms with Crippen molar-refractivity contribution >= 4 is 0 Å². The molecule has 0 aromatic carbocycles. The number of hydrogen-bond acceptors (Lipinski definition) is 5. The Kier molecular flexibility index (Phi) is 2.58. The number of rotatable bonds is 2. The molecule has 90 valence electrons. The van der Waals surface area contributed by atoms with Crippen LogP contribution < -0.4 is 10.3 Å². The number of nitrogens with zero attached hydrogens (tertiary/aromatic N) is 3. The van der Waals surface area contributed by atoms with Crippen LogP contribution in [0, 0.1) is 6.92 Å². The number of hydrogen-bond donors (Lipinski definition) is 2.